The molecule has 2 N–H and O–H groups in total. The fraction of sp³-hybridized carbons (Fsp3) is 0.556. The van der Waals surface area contributed by atoms with E-state index in [1.165, 1.54) is 0 Å². The number of rotatable bonds is 5. The Labute approximate surface area is 137 Å². The van der Waals surface area contributed by atoms with Crippen LogP contribution in [0.2, 0.25) is 0 Å². The first-order valence-corrected chi connectivity index (χ1v) is 8.01. The number of carboxylic acid groups (broad SMARTS) is 1. The third kappa shape index (κ3) is 4.71. The Kier molecular flexibility index (Phi) is 5.29. The van der Waals surface area contributed by atoms with Crippen LogP contribution in [0.15, 0.2) is 30.3 Å². The van der Waals surface area contributed by atoms with Gasteiger partial charge in [-0.3, -0.25) is 4.79 Å². The molecule has 0 radical (unpaired) electrons. The molecule has 1 aliphatic rings. The number of alkyl carbamates (subject to hydrolysis) is 1. The average molecular weight is 319 g/mol. The molecule has 126 valence electrons. The van der Waals surface area contributed by atoms with Crippen molar-refractivity contribution in [3.05, 3.63) is 35.9 Å². The average Bonchev–Trinajstić information content (AvgIpc) is 2.53. The van der Waals surface area contributed by atoms with Crippen LogP contribution in [0.25, 0.3) is 0 Å². The summed E-state index contributed by atoms with van der Waals surface area (Å²) in [5, 5.41) is 12.2. The maximum Gasteiger partial charge on any atom is 0.407 e. The van der Waals surface area contributed by atoms with Crippen LogP contribution in [0.4, 0.5) is 4.79 Å². The third-order valence-electron chi connectivity index (χ3n) is 4.80. The van der Waals surface area contributed by atoms with Gasteiger partial charge in [-0.1, -0.05) is 44.2 Å². The zero-order valence-electron chi connectivity index (χ0n) is 13.8. The molecule has 1 aromatic carbocycles. The van der Waals surface area contributed by atoms with Gasteiger partial charge in [-0.05, 0) is 36.7 Å². The molecular formula is C18H25NO4. The van der Waals surface area contributed by atoms with Gasteiger partial charge in [0.25, 0.3) is 0 Å². The number of aliphatic carboxylic acids is 1. The first-order chi connectivity index (χ1) is 10.8. The molecule has 1 amide bonds. The molecule has 0 heterocycles. The van der Waals surface area contributed by atoms with E-state index in [9.17, 15) is 14.7 Å². The van der Waals surface area contributed by atoms with Crippen LogP contribution in [-0.2, 0) is 16.1 Å². The molecule has 5 heteroatoms. The fourth-order valence-corrected chi connectivity index (χ4v) is 2.89. The Bertz CT molecular complexity index is 543. The largest absolute Gasteiger partial charge is 0.481 e. The van der Waals surface area contributed by atoms with E-state index in [-0.39, 0.29) is 18.6 Å². The van der Waals surface area contributed by atoms with Crippen molar-refractivity contribution in [3.63, 3.8) is 0 Å². The van der Waals surface area contributed by atoms with Gasteiger partial charge in [0.15, 0.2) is 0 Å². The second-order valence-corrected chi connectivity index (χ2v) is 7.16. The predicted molar refractivity (Wildman–Crippen MR) is 86.9 cm³/mol. The maximum absolute atomic E-state index is 11.8. The Hall–Kier alpha value is -2.04. The molecule has 1 aromatic rings. The Morgan fingerprint density at radius 1 is 1.13 bits per heavy atom. The van der Waals surface area contributed by atoms with Crippen molar-refractivity contribution in [2.45, 2.75) is 46.1 Å². The van der Waals surface area contributed by atoms with E-state index in [0.29, 0.717) is 12.8 Å². The molecule has 1 saturated carbocycles. The summed E-state index contributed by atoms with van der Waals surface area (Å²) < 4.78 is 5.14. The second-order valence-electron chi connectivity index (χ2n) is 7.16. The first-order valence-electron chi connectivity index (χ1n) is 8.01. The van der Waals surface area contributed by atoms with Gasteiger partial charge in [-0.15, -0.1) is 0 Å². The van der Waals surface area contributed by atoms with E-state index in [1.807, 2.05) is 30.3 Å². The number of amides is 1. The summed E-state index contributed by atoms with van der Waals surface area (Å²) in [6.07, 6.45) is 2.28. The van der Waals surface area contributed by atoms with Crippen molar-refractivity contribution in [2.24, 2.45) is 10.8 Å². The molecule has 0 saturated heterocycles. The normalized spacial score (nSPS) is 18.9. The summed E-state index contributed by atoms with van der Waals surface area (Å²) >= 11 is 0. The third-order valence-corrected chi connectivity index (χ3v) is 4.80. The number of hydrogen-bond donors (Lipinski definition) is 2. The molecule has 5 nitrogen and oxygen atoms in total. The van der Waals surface area contributed by atoms with Gasteiger partial charge in [0, 0.05) is 6.54 Å². The lowest BCUT2D eigenvalue weighted by atomic mass is 9.65. The highest BCUT2D eigenvalue weighted by molar-refractivity contribution is 5.76. The number of nitrogens with one attached hydrogen (secondary N) is 1. The number of hydrogen-bond acceptors (Lipinski definition) is 3. The van der Waals surface area contributed by atoms with Gasteiger partial charge in [0.2, 0.25) is 0 Å². The standard InChI is InChI=1S/C18H25NO4/c1-17(2)8-10-18(11-9-17,15(20)21)13-19-16(22)23-12-14-6-4-3-5-7-14/h3-7H,8-13H2,1-2H3,(H,19,22)(H,20,21). The second kappa shape index (κ2) is 7.02. The van der Waals surface area contributed by atoms with Crippen molar-refractivity contribution in [1.82, 2.24) is 5.32 Å². The lowest BCUT2D eigenvalue weighted by Crippen LogP contribution is -2.46. The van der Waals surface area contributed by atoms with Crippen LogP contribution in [0.5, 0.6) is 0 Å². The summed E-state index contributed by atoms with van der Waals surface area (Å²) in [6.45, 7) is 4.60. The first kappa shape index (κ1) is 17.3. The lowest BCUT2D eigenvalue weighted by Gasteiger charge is -2.40. The highest BCUT2D eigenvalue weighted by Gasteiger charge is 2.44. The summed E-state index contributed by atoms with van der Waals surface area (Å²) in [6, 6.07) is 9.38. The molecule has 0 unspecified atom stereocenters. The summed E-state index contributed by atoms with van der Waals surface area (Å²) in [5.41, 5.74) is 0.198. The number of carbonyl (C=O) groups is 2. The quantitative estimate of drug-likeness (QED) is 0.869. The van der Waals surface area contributed by atoms with Crippen LogP contribution in [0, 0.1) is 10.8 Å². The predicted octanol–water partition coefficient (Wildman–Crippen LogP) is 3.58. The molecule has 0 aromatic heterocycles. The SMILES string of the molecule is CC1(C)CCC(CNC(=O)OCc2ccccc2)(C(=O)O)CC1. The zero-order chi connectivity index (χ0) is 16.9. The maximum atomic E-state index is 11.8. The smallest absolute Gasteiger partial charge is 0.407 e. The molecule has 1 fully saturated rings. The Morgan fingerprint density at radius 2 is 1.74 bits per heavy atom. The van der Waals surface area contributed by atoms with E-state index in [0.717, 1.165) is 18.4 Å². The van der Waals surface area contributed by atoms with E-state index in [1.54, 1.807) is 0 Å². The molecule has 23 heavy (non-hydrogen) atoms. The van der Waals surface area contributed by atoms with E-state index < -0.39 is 17.5 Å². The van der Waals surface area contributed by atoms with Gasteiger partial charge in [-0.2, -0.15) is 0 Å². The molecule has 2 rings (SSSR count). The highest BCUT2D eigenvalue weighted by Crippen LogP contribution is 2.44. The van der Waals surface area contributed by atoms with Crippen molar-refractivity contribution in [3.8, 4) is 0 Å². The Balaban J connectivity index is 1.84. The molecular weight excluding hydrogens is 294 g/mol. The van der Waals surface area contributed by atoms with E-state index in [4.69, 9.17) is 4.74 Å². The summed E-state index contributed by atoms with van der Waals surface area (Å²) in [7, 11) is 0. The van der Waals surface area contributed by atoms with Gasteiger partial charge in [0.1, 0.15) is 6.61 Å². The lowest BCUT2D eigenvalue weighted by molar-refractivity contribution is -0.152. The molecule has 0 spiro atoms. The van der Waals surface area contributed by atoms with Gasteiger partial charge >= 0.3 is 12.1 Å². The van der Waals surface area contributed by atoms with Crippen molar-refractivity contribution < 1.29 is 19.4 Å². The molecule has 0 bridgehead atoms. The van der Waals surface area contributed by atoms with Crippen LogP contribution < -0.4 is 5.32 Å². The number of ether oxygens (including phenoxy) is 1. The van der Waals surface area contributed by atoms with Crippen molar-refractivity contribution in [2.75, 3.05) is 6.54 Å². The van der Waals surface area contributed by atoms with Crippen LogP contribution in [-0.4, -0.2) is 23.7 Å². The van der Waals surface area contributed by atoms with E-state index >= 15 is 0 Å². The fourth-order valence-electron chi connectivity index (χ4n) is 2.89. The minimum Gasteiger partial charge on any atom is -0.481 e. The molecule has 1 aliphatic carbocycles. The van der Waals surface area contributed by atoms with E-state index in [2.05, 4.69) is 19.2 Å². The number of benzene rings is 1. The highest BCUT2D eigenvalue weighted by atomic mass is 16.5. The van der Waals surface area contributed by atoms with Crippen molar-refractivity contribution >= 4 is 12.1 Å². The molecule has 0 aliphatic heterocycles. The van der Waals surface area contributed by atoms with Crippen LogP contribution in [0.3, 0.4) is 0 Å². The number of carboxylic acids is 1. The van der Waals surface area contributed by atoms with Crippen molar-refractivity contribution in [1.29, 1.82) is 0 Å². The minimum atomic E-state index is -0.874. The topological polar surface area (TPSA) is 75.6 Å². The van der Waals surface area contributed by atoms with Crippen LogP contribution in [0.1, 0.15) is 45.1 Å². The number of carbonyl (C=O) groups excluding carboxylic acids is 1. The Morgan fingerprint density at radius 3 is 2.30 bits per heavy atom. The monoisotopic (exact) mass is 319 g/mol. The summed E-state index contributed by atoms with van der Waals surface area (Å²) in [4.78, 5) is 23.5. The summed E-state index contributed by atoms with van der Waals surface area (Å²) in [5.74, 6) is -0.837. The van der Waals surface area contributed by atoms with Gasteiger partial charge < -0.3 is 15.2 Å². The minimum absolute atomic E-state index is 0.117. The van der Waals surface area contributed by atoms with Crippen LogP contribution >= 0.6 is 0 Å². The van der Waals surface area contributed by atoms with Gasteiger partial charge in [-0.25, -0.2) is 4.79 Å². The molecule has 0 atom stereocenters. The van der Waals surface area contributed by atoms with Gasteiger partial charge in [0.05, 0.1) is 5.41 Å². The zero-order valence-corrected chi connectivity index (χ0v) is 13.8.